The van der Waals surface area contributed by atoms with Crippen molar-refractivity contribution in [3.05, 3.63) is 99.0 Å². The third-order valence-electron chi connectivity index (χ3n) is 5.32. The van der Waals surface area contributed by atoms with Crippen LogP contribution >= 0.6 is 28.1 Å². The molecule has 1 aliphatic rings. The summed E-state index contributed by atoms with van der Waals surface area (Å²) in [6, 6.07) is 16.9. The summed E-state index contributed by atoms with van der Waals surface area (Å²) in [6.45, 7) is 0.107. The molecule has 0 aromatic heterocycles. The van der Waals surface area contributed by atoms with E-state index in [-0.39, 0.29) is 34.1 Å². The van der Waals surface area contributed by atoms with Crippen LogP contribution in [0.4, 0.5) is 5.69 Å². The van der Waals surface area contributed by atoms with Crippen molar-refractivity contribution in [3.8, 4) is 5.75 Å². The first-order valence-electron chi connectivity index (χ1n) is 10.6. The number of carboxylic acids is 2. The summed E-state index contributed by atoms with van der Waals surface area (Å²) in [5.41, 5.74) is 1.19. The number of halogens is 1. The first-order valence-corrected chi connectivity index (χ1v) is 11.8. The SMILES string of the molecule is O=C1NC(=S)N(c2cccc(C(=O)O)c2)C(=O)C1=Cc1cc(Br)ccc1OCc1ccc(C(=O)O)cc1. The molecular formula is C26H17BrN2O7S. The predicted octanol–water partition coefficient (Wildman–Crippen LogP) is 4.26. The lowest BCUT2D eigenvalue weighted by molar-refractivity contribution is -0.122. The van der Waals surface area contributed by atoms with Gasteiger partial charge in [0.15, 0.2) is 5.11 Å². The van der Waals surface area contributed by atoms with E-state index in [0.717, 1.165) is 4.90 Å². The van der Waals surface area contributed by atoms with E-state index >= 15 is 0 Å². The van der Waals surface area contributed by atoms with E-state index < -0.39 is 23.8 Å². The molecule has 0 radical (unpaired) electrons. The van der Waals surface area contributed by atoms with Crippen molar-refractivity contribution in [2.75, 3.05) is 4.90 Å². The fourth-order valence-electron chi connectivity index (χ4n) is 3.49. The third kappa shape index (κ3) is 5.74. The molecule has 1 heterocycles. The molecule has 3 N–H and O–H groups in total. The average molecular weight is 581 g/mol. The molecule has 37 heavy (non-hydrogen) atoms. The molecule has 0 spiro atoms. The number of hydrogen-bond acceptors (Lipinski definition) is 6. The van der Waals surface area contributed by atoms with Crippen LogP contribution in [0.5, 0.6) is 5.75 Å². The van der Waals surface area contributed by atoms with E-state index in [4.69, 9.17) is 22.1 Å². The molecule has 186 valence electrons. The van der Waals surface area contributed by atoms with Crippen LogP contribution in [-0.4, -0.2) is 39.1 Å². The quantitative estimate of drug-likeness (QED) is 0.214. The zero-order valence-corrected chi connectivity index (χ0v) is 21.2. The lowest BCUT2D eigenvalue weighted by Crippen LogP contribution is -2.54. The Kier molecular flexibility index (Phi) is 7.46. The van der Waals surface area contributed by atoms with E-state index in [0.29, 0.717) is 21.3 Å². The fraction of sp³-hybridized carbons (Fsp3) is 0.0385. The number of carboxylic acid groups (broad SMARTS) is 2. The van der Waals surface area contributed by atoms with Crippen molar-refractivity contribution in [1.82, 2.24) is 5.32 Å². The Bertz CT molecular complexity index is 1480. The molecule has 4 rings (SSSR count). The second kappa shape index (κ2) is 10.7. The number of anilines is 1. The van der Waals surface area contributed by atoms with Crippen LogP contribution in [0.15, 0.2) is 76.8 Å². The summed E-state index contributed by atoms with van der Waals surface area (Å²) < 4.78 is 6.57. The van der Waals surface area contributed by atoms with Crippen LogP contribution in [0.2, 0.25) is 0 Å². The molecule has 1 aliphatic heterocycles. The van der Waals surface area contributed by atoms with E-state index in [1.165, 1.54) is 42.5 Å². The third-order valence-corrected chi connectivity index (χ3v) is 6.10. The minimum absolute atomic E-state index is 0.0467. The van der Waals surface area contributed by atoms with Gasteiger partial charge in [0.05, 0.1) is 16.8 Å². The maximum Gasteiger partial charge on any atom is 0.335 e. The molecule has 1 fully saturated rings. The Morgan fingerprint density at radius 1 is 0.973 bits per heavy atom. The molecule has 0 unspecified atom stereocenters. The van der Waals surface area contributed by atoms with Crippen LogP contribution in [0.1, 0.15) is 31.8 Å². The van der Waals surface area contributed by atoms with Gasteiger partial charge in [0.25, 0.3) is 11.8 Å². The van der Waals surface area contributed by atoms with Crippen molar-refractivity contribution < 1.29 is 34.1 Å². The second-order valence-corrected chi connectivity index (χ2v) is 9.09. The number of nitrogens with one attached hydrogen (secondary N) is 1. The highest BCUT2D eigenvalue weighted by atomic mass is 79.9. The molecule has 0 bridgehead atoms. The summed E-state index contributed by atoms with van der Waals surface area (Å²) in [6.07, 6.45) is 1.36. The van der Waals surface area contributed by atoms with E-state index in [1.807, 2.05) is 0 Å². The Balaban J connectivity index is 1.65. The number of aromatic carboxylic acids is 2. The Labute approximate surface area is 224 Å². The van der Waals surface area contributed by atoms with Crippen molar-refractivity contribution in [2.45, 2.75) is 6.61 Å². The monoisotopic (exact) mass is 580 g/mol. The van der Waals surface area contributed by atoms with Crippen LogP contribution < -0.4 is 15.0 Å². The first-order chi connectivity index (χ1) is 17.6. The number of rotatable bonds is 7. The van der Waals surface area contributed by atoms with Crippen molar-refractivity contribution in [2.24, 2.45) is 0 Å². The number of benzene rings is 3. The highest BCUT2D eigenvalue weighted by molar-refractivity contribution is 9.10. The summed E-state index contributed by atoms with van der Waals surface area (Å²) in [5, 5.41) is 20.6. The molecule has 11 heteroatoms. The van der Waals surface area contributed by atoms with E-state index in [1.54, 1.807) is 30.3 Å². The Morgan fingerprint density at radius 3 is 2.35 bits per heavy atom. The molecule has 2 amide bonds. The van der Waals surface area contributed by atoms with Crippen molar-refractivity contribution in [3.63, 3.8) is 0 Å². The summed E-state index contributed by atoms with van der Waals surface area (Å²) in [4.78, 5) is 49.6. The minimum atomic E-state index is -1.18. The Morgan fingerprint density at radius 2 is 1.68 bits per heavy atom. The van der Waals surface area contributed by atoms with Gasteiger partial charge in [-0.15, -0.1) is 0 Å². The van der Waals surface area contributed by atoms with Gasteiger partial charge in [-0.05, 0) is 72.4 Å². The predicted molar refractivity (Wildman–Crippen MR) is 141 cm³/mol. The summed E-state index contributed by atoms with van der Waals surface area (Å²) in [7, 11) is 0. The molecule has 9 nitrogen and oxygen atoms in total. The van der Waals surface area contributed by atoms with Crippen LogP contribution in [0, 0.1) is 0 Å². The van der Waals surface area contributed by atoms with Gasteiger partial charge in [-0.25, -0.2) is 9.59 Å². The molecule has 0 aliphatic carbocycles. The minimum Gasteiger partial charge on any atom is -0.488 e. The van der Waals surface area contributed by atoms with Crippen LogP contribution in [0.25, 0.3) is 6.08 Å². The van der Waals surface area contributed by atoms with Crippen LogP contribution in [-0.2, 0) is 16.2 Å². The molecule has 1 saturated heterocycles. The number of carbonyl (C=O) groups is 4. The number of nitrogens with zero attached hydrogens (tertiary/aromatic N) is 1. The van der Waals surface area contributed by atoms with Gasteiger partial charge >= 0.3 is 11.9 Å². The summed E-state index contributed by atoms with van der Waals surface area (Å²) in [5.74, 6) is -3.29. The topological polar surface area (TPSA) is 133 Å². The maximum atomic E-state index is 13.4. The zero-order chi connectivity index (χ0) is 26.7. The number of hydrogen-bond donors (Lipinski definition) is 3. The second-order valence-electron chi connectivity index (χ2n) is 7.79. The molecular weight excluding hydrogens is 564 g/mol. The first kappa shape index (κ1) is 25.7. The maximum absolute atomic E-state index is 13.4. The van der Waals surface area contributed by atoms with Gasteiger partial charge in [0.1, 0.15) is 17.9 Å². The van der Waals surface area contributed by atoms with E-state index in [2.05, 4.69) is 21.2 Å². The Hall–Kier alpha value is -4.35. The highest BCUT2D eigenvalue weighted by Crippen LogP contribution is 2.29. The van der Waals surface area contributed by atoms with E-state index in [9.17, 15) is 24.3 Å². The van der Waals surface area contributed by atoms with Gasteiger partial charge in [-0.1, -0.05) is 34.1 Å². The highest BCUT2D eigenvalue weighted by Gasteiger charge is 2.35. The van der Waals surface area contributed by atoms with Gasteiger partial charge in [0.2, 0.25) is 0 Å². The van der Waals surface area contributed by atoms with Gasteiger partial charge < -0.3 is 14.9 Å². The summed E-state index contributed by atoms with van der Waals surface area (Å²) >= 11 is 8.56. The largest absolute Gasteiger partial charge is 0.488 e. The number of thiocarbonyl (C=S) groups is 1. The van der Waals surface area contributed by atoms with Crippen LogP contribution in [0.3, 0.4) is 0 Å². The van der Waals surface area contributed by atoms with Gasteiger partial charge in [-0.3, -0.25) is 19.8 Å². The standard InChI is InChI=1S/C26H17BrN2O7S/c27-18-8-9-21(36-13-14-4-6-15(7-5-14)24(32)33)17(10-18)12-20-22(30)28-26(37)29(23(20)31)19-3-1-2-16(11-19)25(34)35/h1-12H,13H2,(H,32,33)(H,34,35)(H,28,30,37). The van der Waals surface area contributed by atoms with Gasteiger partial charge in [-0.2, -0.15) is 0 Å². The lowest BCUT2D eigenvalue weighted by Gasteiger charge is -2.29. The van der Waals surface area contributed by atoms with Gasteiger partial charge in [0, 0.05) is 10.0 Å². The van der Waals surface area contributed by atoms with Crippen molar-refractivity contribution in [1.29, 1.82) is 0 Å². The molecule has 3 aromatic rings. The average Bonchev–Trinajstić information content (AvgIpc) is 2.86. The number of carbonyl (C=O) groups excluding carboxylic acids is 2. The fourth-order valence-corrected chi connectivity index (χ4v) is 4.15. The van der Waals surface area contributed by atoms with Crippen molar-refractivity contribution >= 4 is 68.8 Å². The zero-order valence-electron chi connectivity index (χ0n) is 18.8. The normalized spacial score (nSPS) is 14.5. The lowest BCUT2D eigenvalue weighted by atomic mass is 10.1. The number of amides is 2. The smallest absolute Gasteiger partial charge is 0.335 e. The molecule has 0 atom stereocenters. The number of ether oxygens (including phenoxy) is 1. The molecule has 3 aromatic carbocycles. The molecule has 0 saturated carbocycles.